The Morgan fingerprint density at radius 1 is 1.45 bits per heavy atom. The lowest BCUT2D eigenvalue weighted by Gasteiger charge is -2.27. The van der Waals surface area contributed by atoms with E-state index in [4.69, 9.17) is 5.73 Å². The van der Waals surface area contributed by atoms with E-state index in [0.717, 1.165) is 25.1 Å². The average molecular weight is 298 g/mol. The van der Waals surface area contributed by atoms with E-state index in [1.165, 1.54) is 0 Å². The lowest BCUT2D eigenvalue weighted by Crippen LogP contribution is -2.39. The molecule has 1 unspecified atom stereocenters. The van der Waals surface area contributed by atoms with Crippen LogP contribution in [0.5, 0.6) is 0 Å². The van der Waals surface area contributed by atoms with Crippen LogP contribution in [-0.4, -0.2) is 48.4 Å². The Bertz CT molecular complexity index is 426. The zero-order valence-electron chi connectivity index (χ0n) is 12.2. The Labute approximate surface area is 127 Å². The molecule has 1 aromatic carbocycles. The van der Waals surface area contributed by atoms with Gasteiger partial charge in [-0.15, -0.1) is 12.4 Å². The van der Waals surface area contributed by atoms with E-state index in [2.05, 4.69) is 24.0 Å². The molecule has 2 N–H and O–H groups in total. The quantitative estimate of drug-likeness (QED) is 0.919. The first kappa shape index (κ1) is 17.0. The minimum absolute atomic E-state index is 0. The minimum Gasteiger partial charge on any atom is -0.338 e. The van der Waals surface area contributed by atoms with E-state index in [1.807, 2.05) is 30.1 Å². The number of carbonyl (C=O) groups is 1. The van der Waals surface area contributed by atoms with Gasteiger partial charge in [-0.1, -0.05) is 30.3 Å². The van der Waals surface area contributed by atoms with Crippen molar-refractivity contribution in [3.05, 3.63) is 35.9 Å². The number of benzene rings is 1. The second-order valence-corrected chi connectivity index (χ2v) is 5.38. The van der Waals surface area contributed by atoms with Gasteiger partial charge in [0.05, 0.1) is 12.6 Å². The molecule has 0 bridgehead atoms. The molecule has 112 valence electrons. The SMILES string of the molecule is CC(c1ccccc1)N(C)C(=O)CN1CC[C@@H](N)C1.Cl. The van der Waals surface area contributed by atoms with E-state index < -0.39 is 0 Å². The summed E-state index contributed by atoms with van der Waals surface area (Å²) in [6.45, 7) is 4.30. The third-order valence-corrected chi connectivity index (χ3v) is 3.92. The largest absolute Gasteiger partial charge is 0.338 e. The molecule has 1 saturated heterocycles. The number of likely N-dealkylation sites (tertiary alicyclic amines) is 1. The highest BCUT2D eigenvalue weighted by Gasteiger charge is 2.24. The summed E-state index contributed by atoms with van der Waals surface area (Å²) in [5.74, 6) is 0.158. The molecule has 1 aliphatic heterocycles. The van der Waals surface area contributed by atoms with Crippen LogP contribution in [0.4, 0.5) is 0 Å². The molecule has 0 saturated carbocycles. The van der Waals surface area contributed by atoms with Crippen LogP contribution in [0.2, 0.25) is 0 Å². The van der Waals surface area contributed by atoms with Crippen molar-refractivity contribution >= 4 is 18.3 Å². The maximum absolute atomic E-state index is 12.3. The Kier molecular flexibility index (Phi) is 6.46. The normalized spacial score (nSPS) is 20.2. The summed E-state index contributed by atoms with van der Waals surface area (Å²) < 4.78 is 0. The number of nitrogens with zero attached hydrogens (tertiary/aromatic N) is 2. The zero-order chi connectivity index (χ0) is 13.8. The Balaban J connectivity index is 0.00000200. The van der Waals surface area contributed by atoms with Gasteiger partial charge in [0.25, 0.3) is 0 Å². The lowest BCUT2D eigenvalue weighted by atomic mass is 10.1. The molecular formula is C15H24ClN3O. The predicted molar refractivity (Wildman–Crippen MR) is 83.9 cm³/mol. The third kappa shape index (κ3) is 4.20. The first-order valence-electron chi connectivity index (χ1n) is 6.86. The molecule has 2 atom stereocenters. The van der Waals surface area contributed by atoms with Crippen molar-refractivity contribution < 1.29 is 4.79 Å². The lowest BCUT2D eigenvalue weighted by molar-refractivity contribution is -0.132. The Hall–Kier alpha value is -1.10. The highest BCUT2D eigenvalue weighted by molar-refractivity contribution is 5.85. The van der Waals surface area contributed by atoms with Crippen LogP contribution in [0.1, 0.15) is 24.9 Å². The van der Waals surface area contributed by atoms with Gasteiger partial charge in [-0.25, -0.2) is 0 Å². The number of rotatable bonds is 4. The van der Waals surface area contributed by atoms with Crippen LogP contribution in [0, 0.1) is 0 Å². The highest BCUT2D eigenvalue weighted by atomic mass is 35.5. The third-order valence-electron chi connectivity index (χ3n) is 3.92. The van der Waals surface area contributed by atoms with Gasteiger partial charge < -0.3 is 10.6 Å². The van der Waals surface area contributed by atoms with Crippen molar-refractivity contribution in [1.82, 2.24) is 9.80 Å². The summed E-state index contributed by atoms with van der Waals surface area (Å²) in [5, 5.41) is 0. The summed E-state index contributed by atoms with van der Waals surface area (Å²) in [6.07, 6.45) is 0.991. The molecule has 1 aliphatic rings. The van der Waals surface area contributed by atoms with Crippen molar-refractivity contribution in [2.75, 3.05) is 26.7 Å². The molecule has 1 fully saturated rings. The van der Waals surface area contributed by atoms with Crippen LogP contribution in [0.3, 0.4) is 0 Å². The van der Waals surface area contributed by atoms with Crippen molar-refractivity contribution in [3.63, 3.8) is 0 Å². The summed E-state index contributed by atoms with van der Waals surface area (Å²) in [4.78, 5) is 16.2. The molecule has 2 rings (SSSR count). The summed E-state index contributed by atoms with van der Waals surface area (Å²) in [7, 11) is 1.87. The van der Waals surface area contributed by atoms with Crippen LogP contribution >= 0.6 is 12.4 Å². The van der Waals surface area contributed by atoms with Crippen LogP contribution in [-0.2, 0) is 4.79 Å². The van der Waals surface area contributed by atoms with Gasteiger partial charge in [0.15, 0.2) is 0 Å². The van der Waals surface area contributed by atoms with Crippen LogP contribution in [0.15, 0.2) is 30.3 Å². The van der Waals surface area contributed by atoms with Crippen LogP contribution in [0.25, 0.3) is 0 Å². The molecule has 0 aliphatic carbocycles. The van der Waals surface area contributed by atoms with E-state index in [1.54, 1.807) is 0 Å². The average Bonchev–Trinajstić information content (AvgIpc) is 2.83. The molecule has 5 heteroatoms. The van der Waals surface area contributed by atoms with Gasteiger partial charge in [-0.2, -0.15) is 0 Å². The Morgan fingerprint density at radius 2 is 2.10 bits per heavy atom. The number of likely N-dealkylation sites (N-methyl/N-ethyl adjacent to an activating group) is 1. The molecule has 0 aromatic heterocycles. The second-order valence-electron chi connectivity index (χ2n) is 5.38. The topological polar surface area (TPSA) is 49.6 Å². The van der Waals surface area contributed by atoms with Crippen LogP contribution < -0.4 is 5.73 Å². The summed E-state index contributed by atoms with van der Waals surface area (Å²) in [5.41, 5.74) is 7.02. The molecule has 1 amide bonds. The van der Waals surface area contributed by atoms with Crippen molar-refractivity contribution in [2.24, 2.45) is 5.73 Å². The van der Waals surface area contributed by atoms with E-state index in [0.29, 0.717) is 6.54 Å². The van der Waals surface area contributed by atoms with Gasteiger partial charge >= 0.3 is 0 Å². The first-order valence-corrected chi connectivity index (χ1v) is 6.86. The molecule has 0 radical (unpaired) electrons. The number of amides is 1. The Morgan fingerprint density at radius 3 is 2.65 bits per heavy atom. The van der Waals surface area contributed by atoms with Crippen molar-refractivity contribution in [2.45, 2.75) is 25.4 Å². The molecule has 0 spiro atoms. The number of carbonyl (C=O) groups excluding carboxylic acids is 1. The molecule has 1 heterocycles. The first-order chi connectivity index (χ1) is 9.08. The maximum Gasteiger partial charge on any atom is 0.236 e. The minimum atomic E-state index is 0. The monoisotopic (exact) mass is 297 g/mol. The van der Waals surface area contributed by atoms with E-state index in [9.17, 15) is 4.79 Å². The number of hydrogen-bond donors (Lipinski definition) is 1. The zero-order valence-corrected chi connectivity index (χ0v) is 13.0. The summed E-state index contributed by atoms with van der Waals surface area (Å²) >= 11 is 0. The smallest absolute Gasteiger partial charge is 0.236 e. The standard InChI is InChI=1S/C15H23N3O.ClH/c1-12(13-6-4-3-5-7-13)17(2)15(19)11-18-9-8-14(16)10-18;/h3-7,12,14H,8-11,16H2,1-2H3;1H/t12?,14-;/m1./s1. The number of halogens is 1. The van der Waals surface area contributed by atoms with E-state index >= 15 is 0 Å². The highest BCUT2D eigenvalue weighted by Crippen LogP contribution is 2.18. The summed E-state index contributed by atoms with van der Waals surface area (Å²) in [6, 6.07) is 10.4. The van der Waals surface area contributed by atoms with Gasteiger partial charge in [-0.3, -0.25) is 9.69 Å². The van der Waals surface area contributed by atoms with Gasteiger partial charge in [0.1, 0.15) is 0 Å². The fourth-order valence-electron chi connectivity index (χ4n) is 2.48. The second kappa shape index (κ2) is 7.62. The molecule has 20 heavy (non-hydrogen) atoms. The molecule has 4 nitrogen and oxygen atoms in total. The fourth-order valence-corrected chi connectivity index (χ4v) is 2.48. The fraction of sp³-hybridized carbons (Fsp3) is 0.533. The molecule has 1 aromatic rings. The van der Waals surface area contributed by atoms with Crippen molar-refractivity contribution in [1.29, 1.82) is 0 Å². The van der Waals surface area contributed by atoms with Gasteiger partial charge in [0, 0.05) is 26.2 Å². The molecular weight excluding hydrogens is 274 g/mol. The van der Waals surface area contributed by atoms with Crippen molar-refractivity contribution in [3.8, 4) is 0 Å². The number of hydrogen-bond acceptors (Lipinski definition) is 3. The van der Waals surface area contributed by atoms with Gasteiger partial charge in [-0.05, 0) is 18.9 Å². The van der Waals surface area contributed by atoms with E-state index in [-0.39, 0.29) is 30.4 Å². The predicted octanol–water partition coefficient (Wildman–Crippen LogP) is 1.66. The maximum atomic E-state index is 12.3. The van der Waals surface area contributed by atoms with Gasteiger partial charge in [0.2, 0.25) is 5.91 Å². The number of nitrogens with two attached hydrogens (primary N) is 1.